The summed E-state index contributed by atoms with van der Waals surface area (Å²) in [6.45, 7) is 1.84. The van der Waals surface area contributed by atoms with E-state index < -0.39 is 23.8 Å². The standard InChI is InChI=1S/C26H23F3N4O3S/c1-17(36-22-10-6-9-21(15-22)35-2)24-31-32-25(33(24)20-7-4-3-5-8-20)37-16-23(34)30-19-13-11-18(12-14-19)26(27,28)29/h3-15,17H,16H2,1-2H3,(H,30,34). The second-order valence-corrected chi connectivity index (χ2v) is 8.81. The van der Waals surface area contributed by atoms with E-state index in [0.29, 0.717) is 22.5 Å². The van der Waals surface area contributed by atoms with Gasteiger partial charge < -0.3 is 14.8 Å². The van der Waals surface area contributed by atoms with E-state index in [1.807, 2.05) is 55.5 Å². The molecule has 4 rings (SSSR count). The summed E-state index contributed by atoms with van der Waals surface area (Å²) in [5.74, 6) is 1.36. The minimum Gasteiger partial charge on any atom is -0.497 e. The number of carbonyl (C=O) groups is 1. The Balaban J connectivity index is 1.49. The number of carbonyl (C=O) groups excluding carboxylic acids is 1. The van der Waals surface area contributed by atoms with Crippen LogP contribution in [0, 0.1) is 0 Å². The molecule has 1 atom stereocenters. The highest BCUT2D eigenvalue weighted by Crippen LogP contribution is 2.31. The molecule has 0 saturated heterocycles. The Labute approximate surface area is 215 Å². The first-order valence-electron chi connectivity index (χ1n) is 11.2. The van der Waals surface area contributed by atoms with Crippen LogP contribution in [0.15, 0.2) is 84.0 Å². The van der Waals surface area contributed by atoms with Crippen LogP contribution in [0.3, 0.4) is 0 Å². The number of aromatic nitrogens is 3. The third kappa shape index (κ3) is 6.62. The Kier molecular flexibility index (Phi) is 8.02. The summed E-state index contributed by atoms with van der Waals surface area (Å²) < 4.78 is 51.4. The number of rotatable bonds is 9. The fourth-order valence-electron chi connectivity index (χ4n) is 3.46. The molecule has 0 aliphatic carbocycles. The van der Waals surface area contributed by atoms with E-state index in [4.69, 9.17) is 9.47 Å². The van der Waals surface area contributed by atoms with Crippen molar-refractivity contribution in [2.24, 2.45) is 0 Å². The van der Waals surface area contributed by atoms with Gasteiger partial charge in [-0.05, 0) is 55.5 Å². The number of methoxy groups -OCH3 is 1. The molecule has 7 nitrogen and oxygen atoms in total. The number of benzene rings is 3. The van der Waals surface area contributed by atoms with Crippen molar-refractivity contribution >= 4 is 23.4 Å². The number of halogens is 3. The molecule has 192 valence electrons. The number of anilines is 1. The third-order valence-corrected chi connectivity index (χ3v) is 6.15. The highest BCUT2D eigenvalue weighted by Gasteiger charge is 2.30. The largest absolute Gasteiger partial charge is 0.497 e. The average Bonchev–Trinajstić information content (AvgIpc) is 3.32. The number of alkyl halides is 3. The molecular weight excluding hydrogens is 505 g/mol. The van der Waals surface area contributed by atoms with Crippen molar-refractivity contribution in [3.8, 4) is 17.2 Å². The number of nitrogens with zero attached hydrogens (tertiary/aromatic N) is 3. The van der Waals surface area contributed by atoms with Crippen molar-refractivity contribution in [3.05, 3.63) is 90.3 Å². The molecule has 1 heterocycles. The Morgan fingerprint density at radius 3 is 2.38 bits per heavy atom. The Bertz CT molecular complexity index is 1350. The van der Waals surface area contributed by atoms with Gasteiger partial charge in [0.2, 0.25) is 5.91 Å². The molecule has 3 aromatic carbocycles. The van der Waals surface area contributed by atoms with Crippen LogP contribution in [0.1, 0.15) is 24.4 Å². The van der Waals surface area contributed by atoms with E-state index in [1.165, 1.54) is 12.1 Å². The van der Waals surface area contributed by atoms with Gasteiger partial charge in [0.05, 0.1) is 18.4 Å². The molecule has 37 heavy (non-hydrogen) atoms. The van der Waals surface area contributed by atoms with Gasteiger partial charge in [0.1, 0.15) is 11.5 Å². The fraction of sp³-hybridized carbons (Fsp3) is 0.192. The van der Waals surface area contributed by atoms with Gasteiger partial charge in [-0.25, -0.2) is 0 Å². The van der Waals surface area contributed by atoms with Crippen LogP contribution in [-0.4, -0.2) is 33.5 Å². The number of nitrogens with one attached hydrogen (secondary N) is 1. The minimum absolute atomic E-state index is 0.0306. The first-order chi connectivity index (χ1) is 17.7. The van der Waals surface area contributed by atoms with Crippen LogP contribution in [-0.2, 0) is 11.0 Å². The molecule has 0 bridgehead atoms. The van der Waals surface area contributed by atoms with Crippen molar-refractivity contribution in [2.75, 3.05) is 18.2 Å². The van der Waals surface area contributed by atoms with Crippen LogP contribution in [0.5, 0.6) is 11.5 Å². The highest BCUT2D eigenvalue weighted by molar-refractivity contribution is 7.99. The monoisotopic (exact) mass is 528 g/mol. The van der Waals surface area contributed by atoms with Gasteiger partial charge in [0.15, 0.2) is 17.1 Å². The van der Waals surface area contributed by atoms with Gasteiger partial charge in [-0.15, -0.1) is 10.2 Å². The summed E-state index contributed by atoms with van der Waals surface area (Å²) in [5, 5.41) is 11.7. The lowest BCUT2D eigenvalue weighted by atomic mass is 10.2. The summed E-state index contributed by atoms with van der Waals surface area (Å²) in [6, 6.07) is 20.9. The first-order valence-corrected chi connectivity index (χ1v) is 12.1. The van der Waals surface area contributed by atoms with Crippen molar-refractivity contribution in [3.63, 3.8) is 0 Å². The maximum atomic E-state index is 12.8. The van der Waals surface area contributed by atoms with Gasteiger partial charge in [0.25, 0.3) is 0 Å². The molecule has 11 heteroatoms. The molecule has 0 aliphatic heterocycles. The highest BCUT2D eigenvalue weighted by atomic mass is 32.2. The number of hydrogen-bond acceptors (Lipinski definition) is 6. The number of hydrogen-bond donors (Lipinski definition) is 1. The molecule has 0 saturated carbocycles. The molecule has 0 fully saturated rings. The lowest BCUT2D eigenvalue weighted by Crippen LogP contribution is -2.15. The van der Waals surface area contributed by atoms with Crippen molar-refractivity contribution in [1.29, 1.82) is 0 Å². The Hall–Kier alpha value is -3.99. The Morgan fingerprint density at radius 2 is 1.70 bits per heavy atom. The molecular formula is C26H23F3N4O3S. The molecule has 0 spiro atoms. The number of para-hydroxylation sites is 1. The minimum atomic E-state index is -4.44. The summed E-state index contributed by atoms with van der Waals surface area (Å²) in [5.41, 5.74) is 0.270. The predicted molar refractivity (Wildman–Crippen MR) is 134 cm³/mol. The van der Waals surface area contributed by atoms with Crippen LogP contribution in [0.25, 0.3) is 5.69 Å². The van der Waals surface area contributed by atoms with E-state index in [2.05, 4.69) is 15.5 Å². The quantitative estimate of drug-likeness (QED) is 0.262. The van der Waals surface area contributed by atoms with Crippen molar-refractivity contribution < 1.29 is 27.4 Å². The zero-order valence-corrected chi connectivity index (χ0v) is 20.7. The zero-order valence-electron chi connectivity index (χ0n) is 19.9. The lowest BCUT2D eigenvalue weighted by molar-refractivity contribution is -0.137. The number of ether oxygens (including phenoxy) is 2. The fourth-order valence-corrected chi connectivity index (χ4v) is 4.22. The zero-order chi connectivity index (χ0) is 26.4. The van der Waals surface area contributed by atoms with E-state index in [-0.39, 0.29) is 11.4 Å². The number of thioether (sulfide) groups is 1. The normalized spacial score (nSPS) is 12.1. The van der Waals surface area contributed by atoms with E-state index in [1.54, 1.807) is 17.7 Å². The van der Waals surface area contributed by atoms with Gasteiger partial charge in [-0.3, -0.25) is 9.36 Å². The van der Waals surface area contributed by atoms with E-state index in [9.17, 15) is 18.0 Å². The molecule has 1 unspecified atom stereocenters. The first kappa shape index (κ1) is 26.1. The summed E-state index contributed by atoms with van der Waals surface area (Å²) in [6.07, 6.45) is -4.93. The third-order valence-electron chi connectivity index (χ3n) is 5.22. The van der Waals surface area contributed by atoms with Gasteiger partial charge in [-0.1, -0.05) is 36.0 Å². The number of amides is 1. The second kappa shape index (κ2) is 11.4. The van der Waals surface area contributed by atoms with Gasteiger partial charge >= 0.3 is 6.18 Å². The summed E-state index contributed by atoms with van der Waals surface area (Å²) in [7, 11) is 1.58. The molecule has 0 radical (unpaired) electrons. The molecule has 4 aromatic rings. The van der Waals surface area contributed by atoms with Crippen LogP contribution < -0.4 is 14.8 Å². The van der Waals surface area contributed by atoms with E-state index in [0.717, 1.165) is 29.6 Å². The molecule has 1 aromatic heterocycles. The maximum Gasteiger partial charge on any atom is 0.416 e. The smallest absolute Gasteiger partial charge is 0.416 e. The van der Waals surface area contributed by atoms with E-state index >= 15 is 0 Å². The van der Waals surface area contributed by atoms with Crippen molar-refractivity contribution in [1.82, 2.24) is 14.8 Å². The van der Waals surface area contributed by atoms with Crippen molar-refractivity contribution in [2.45, 2.75) is 24.4 Å². The molecule has 0 aliphatic rings. The van der Waals surface area contributed by atoms with Crippen LogP contribution in [0.2, 0.25) is 0 Å². The molecule has 1 amide bonds. The summed E-state index contributed by atoms with van der Waals surface area (Å²) >= 11 is 1.15. The average molecular weight is 529 g/mol. The van der Waals surface area contributed by atoms with Crippen LogP contribution >= 0.6 is 11.8 Å². The SMILES string of the molecule is COc1cccc(OC(C)c2nnc(SCC(=O)Nc3ccc(C(F)(F)F)cc3)n2-c2ccccc2)c1. The maximum absolute atomic E-state index is 12.8. The molecule has 1 N–H and O–H groups in total. The lowest BCUT2D eigenvalue weighted by Gasteiger charge is -2.17. The Morgan fingerprint density at radius 1 is 1.00 bits per heavy atom. The van der Waals surface area contributed by atoms with Crippen LogP contribution in [0.4, 0.5) is 18.9 Å². The topological polar surface area (TPSA) is 78.3 Å². The summed E-state index contributed by atoms with van der Waals surface area (Å²) in [4.78, 5) is 12.5. The van der Waals surface area contributed by atoms with Gasteiger partial charge in [0, 0.05) is 17.4 Å². The van der Waals surface area contributed by atoms with Gasteiger partial charge in [-0.2, -0.15) is 13.2 Å². The second-order valence-electron chi connectivity index (χ2n) is 7.86. The predicted octanol–water partition coefficient (Wildman–Crippen LogP) is 6.17.